The Balaban J connectivity index is 1.92. The maximum Gasteiger partial charge on any atom is 0.337 e. The molecule has 4 rings (SSSR count). The SMILES string of the molecule is COC(=O)c1ccc(N2C(=O)C(=O)/C(=C(\O)c3ccc(OC)cc3C)C2c2cccc(OC)c2)cc1. The van der Waals surface area contributed by atoms with E-state index in [-0.39, 0.29) is 11.3 Å². The van der Waals surface area contributed by atoms with Crippen LogP contribution in [-0.4, -0.2) is 44.1 Å². The van der Waals surface area contributed by atoms with Gasteiger partial charge >= 0.3 is 5.97 Å². The van der Waals surface area contributed by atoms with Gasteiger partial charge in [0.1, 0.15) is 17.3 Å². The molecule has 0 aromatic heterocycles. The Bertz CT molecular complexity index is 1370. The second-order valence-corrected chi connectivity index (χ2v) is 8.17. The Labute approximate surface area is 208 Å². The number of esters is 1. The number of aryl methyl sites for hydroxylation is 1. The molecular formula is C28H25NO7. The van der Waals surface area contributed by atoms with E-state index in [2.05, 4.69) is 0 Å². The molecule has 0 radical (unpaired) electrons. The van der Waals surface area contributed by atoms with Crippen molar-refractivity contribution in [2.45, 2.75) is 13.0 Å². The van der Waals surface area contributed by atoms with Gasteiger partial charge in [0.05, 0.1) is 38.5 Å². The molecule has 0 spiro atoms. The molecule has 1 atom stereocenters. The summed E-state index contributed by atoms with van der Waals surface area (Å²) in [6.45, 7) is 1.78. The maximum absolute atomic E-state index is 13.4. The number of anilines is 1. The standard InChI is InChI=1S/C28H25NO7/c1-16-14-21(35-3)12-13-22(16)25(30)23-24(18-6-5-7-20(15-18)34-2)29(27(32)26(23)31)19-10-8-17(9-11-19)28(33)36-4/h5-15,24,30H,1-4H3/b25-23-. The molecule has 1 unspecified atom stereocenters. The van der Waals surface area contributed by atoms with Gasteiger partial charge in [-0.15, -0.1) is 0 Å². The first-order chi connectivity index (χ1) is 17.3. The van der Waals surface area contributed by atoms with Gasteiger partial charge in [-0.2, -0.15) is 0 Å². The first-order valence-electron chi connectivity index (χ1n) is 11.1. The van der Waals surface area contributed by atoms with Crippen LogP contribution in [0.1, 0.15) is 33.1 Å². The molecule has 36 heavy (non-hydrogen) atoms. The Morgan fingerprint density at radius 3 is 2.17 bits per heavy atom. The van der Waals surface area contributed by atoms with Crippen LogP contribution in [-0.2, 0) is 14.3 Å². The van der Waals surface area contributed by atoms with Crippen molar-refractivity contribution >= 4 is 29.1 Å². The molecule has 1 N–H and O–H groups in total. The van der Waals surface area contributed by atoms with E-state index in [1.807, 2.05) is 0 Å². The molecule has 0 aliphatic carbocycles. The van der Waals surface area contributed by atoms with E-state index in [0.29, 0.717) is 39.4 Å². The highest BCUT2D eigenvalue weighted by molar-refractivity contribution is 6.51. The first-order valence-corrected chi connectivity index (χ1v) is 11.1. The molecule has 8 heteroatoms. The number of hydrogen-bond acceptors (Lipinski definition) is 7. The number of ketones is 1. The fourth-order valence-electron chi connectivity index (χ4n) is 4.28. The average molecular weight is 488 g/mol. The molecule has 8 nitrogen and oxygen atoms in total. The summed E-state index contributed by atoms with van der Waals surface area (Å²) in [7, 11) is 4.33. The number of carbonyl (C=O) groups is 3. The van der Waals surface area contributed by atoms with Crippen molar-refractivity contribution in [1.29, 1.82) is 0 Å². The molecular weight excluding hydrogens is 462 g/mol. The van der Waals surface area contributed by atoms with Crippen molar-refractivity contribution in [3.63, 3.8) is 0 Å². The van der Waals surface area contributed by atoms with Crippen LogP contribution in [0.3, 0.4) is 0 Å². The van der Waals surface area contributed by atoms with E-state index >= 15 is 0 Å². The number of ether oxygens (including phenoxy) is 3. The van der Waals surface area contributed by atoms with Gasteiger partial charge in [-0.1, -0.05) is 12.1 Å². The lowest BCUT2D eigenvalue weighted by Gasteiger charge is -2.26. The lowest BCUT2D eigenvalue weighted by Crippen LogP contribution is -2.29. The molecule has 1 saturated heterocycles. The number of nitrogens with zero attached hydrogens (tertiary/aromatic N) is 1. The lowest BCUT2D eigenvalue weighted by atomic mass is 9.93. The summed E-state index contributed by atoms with van der Waals surface area (Å²) in [6, 6.07) is 17.2. The zero-order valence-electron chi connectivity index (χ0n) is 20.3. The van der Waals surface area contributed by atoms with E-state index in [1.54, 1.807) is 61.5 Å². The highest BCUT2D eigenvalue weighted by Gasteiger charge is 2.47. The predicted octanol–water partition coefficient (Wildman–Crippen LogP) is 4.43. The number of methoxy groups -OCH3 is 3. The molecule has 1 heterocycles. The van der Waals surface area contributed by atoms with E-state index < -0.39 is 23.7 Å². The van der Waals surface area contributed by atoms with E-state index in [9.17, 15) is 19.5 Å². The fourth-order valence-corrected chi connectivity index (χ4v) is 4.28. The second kappa shape index (κ2) is 9.95. The summed E-state index contributed by atoms with van der Waals surface area (Å²) in [5.41, 5.74) is 2.26. The molecule has 3 aromatic rings. The van der Waals surface area contributed by atoms with Crippen LogP contribution in [0.4, 0.5) is 5.69 Å². The zero-order chi connectivity index (χ0) is 26.0. The van der Waals surface area contributed by atoms with E-state index in [1.165, 1.54) is 38.4 Å². The Morgan fingerprint density at radius 2 is 1.56 bits per heavy atom. The van der Waals surface area contributed by atoms with Crippen LogP contribution in [0, 0.1) is 6.92 Å². The highest BCUT2D eigenvalue weighted by Crippen LogP contribution is 2.43. The molecule has 1 aliphatic heterocycles. The summed E-state index contributed by atoms with van der Waals surface area (Å²) >= 11 is 0. The third kappa shape index (κ3) is 4.29. The van der Waals surface area contributed by atoms with Crippen molar-refractivity contribution in [2.24, 2.45) is 0 Å². The molecule has 0 saturated carbocycles. The fraction of sp³-hybridized carbons (Fsp3) is 0.179. The summed E-state index contributed by atoms with van der Waals surface area (Å²) < 4.78 is 15.3. The van der Waals surface area contributed by atoms with Crippen LogP contribution < -0.4 is 14.4 Å². The van der Waals surface area contributed by atoms with Crippen molar-refractivity contribution < 1.29 is 33.7 Å². The number of aliphatic hydroxyl groups excluding tert-OH is 1. The lowest BCUT2D eigenvalue weighted by molar-refractivity contribution is -0.132. The number of Topliss-reactive ketones (excluding diaryl/α,β-unsaturated/α-hetero) is 1. The van der Waals surface area contributed by atoms with Crippen molar-refractivity contribution in [1.82, 2.24) is 0 Å². The van der Waals surface area contributed by atoms with Crippen molar-refractivity contribution in [3.8, 4) is 11.5 Å². The summed E-state index contributed by atoms with van der Waals surface area (Å²) in [6.07, 6.45) is 0. The number of benzene rings is 3. The minimum absolute atomic E-state index is 0.0569. The Hall–Kier alpha value is -4.59. The van der Waals surface area contributed by atoms with Crippen LogP contribution >= 0.6 is 0 Å². The van der Waals surface area contributed by atoms with Crippen LogP contribution in [0.15, 0.2) is 72.3 Å². The third-order valence-electron chi connectivity index (χ3n) is 6.11. The van der Waals surface area contributed by atoms with Gasteiger partial charge in [-0.05, 0) is 72.6 Å². The van der Waals surface area contributed by atoms with Crippen molar-refractivity contribution in [3.05, 3.63) is 94.6 Å². The molecule has 0 bridgehead atoms. The molecule has 3 aromatic carbocycles. The van der Waals surface area contributed by atoms with E-state index in [0.717, 1.165) is 0 Å². The Kier molecular flexibility index (Phi) is 6.78. The van der Waals surface area contributed by atoms with Gasteiger partial charge in [0.15, 0.2) is 0 Å². The van der Waals surface area contributed by atoms with Gasteiger partial charge in [0.2, 0.25) is 0 Å². The van der Waals surface area contributed by atoms with Gasteiger partial charge in [-0.3, -0.25) is 14.5 Å². The highest BCUT2D eigenvalue weighted by atomic mass is 16.5. The average Bonchev–Trinajstić information content (AvgIpc) is 3.17. The number of carbonyl (C=O) groups excluding carboxylic acids is 3. The maximum atomic E-state index is 13.4. The summed E-state index contributed by atoms with van der Waals surface area (Å²) in [4.78, 5) is 39.9. The first kappa shape index (κ1) is 24.5. The summed E-state index contributed by atoms with van der Waals surface area (Å²) in [5.74, 6) is -1.33. The van der Waals surface area contributed by atoms with Crippen LogP contribution in [0.5, 0.6) is 11.5 Å². The van der Waals surface area contributed by atoms with E-state index in [4.69, 9.17) is 14.2 Å². The quantitative estimate of drug-likeness (QED) is 0.238. The molecule has 1 amide bonds. The minimum Gasteiger partial charge on any atom is -0.507 e. The third-order valence-corrected chi connectivity index (χ3v) is 6.11. The largest absolute Gasteiger partial charge is 0.507 e. The van der Waals surface area contributed by atoms with Gasteiger partial charge in [-0.25, -0.2) is 4.79 Å². The molecule has 1 aliphatic rings. The Morgan fingerprint density at radius 1 is 0.889 bits per heavy atom. The normalized spacial score (nSPS) is 16.7. The number of hydrogen-bond donors (Lipinski definition) is 1. The smallest absolute Gasteiger partial charge is 0.337 e. The van der Waals surface area contributed by atoms with Gasteiger partial charge < -0.3 is 19.3 Å². The molecule has 184 valence electrons. The van der Waals surface area contributed by atoms with Gasteiger partial charge in [0, 0.05) is 11.3 Å². The monoisotopic (exact) mass is 487 g/mol. The predicted molar refractivity (Wildman–Crippen MR) is 133 cm³/mol. The number of aliphatic hydroxyl groups is 1. The van der Waals surface area contributed by atoms with Gasteiger partial charge in [0.25, 0.3) is 11.7 Å². The van der Waals surface area contributed by atoms with Crippen LogP contribution in [0.2, 0.25) is 0 Å². The van der Waals surface area contributed by atoms with Crippen molar-refractivity contribution in [2.75, 3.05) is 26.2 Å². The topological polar surface area (TPSA) is 102 Å². The number of amides is 1. The second-order valence-electron chi connectivity index (χ2n) is 8.17. The minimum atomic E-state index is -0.939. The number of rotatable bonds is 6. The zero-order valence-corrected chi connectivity index (χ0v) is 20.3. The molecule has 1 fully saturated rings. The summed E-state index contributed by atoms with van der Waals surface area (Å²) in [5, 5.41) is 11.4. The van der Waals surface area contributed by atoms with Crippen LogP contribution in [0.25, 0.3) is 5.76 Å².